The Hall–Kier alpha value is -2.02. The van der Waals surface area contributed by atoms with E-state index in [2.05, 4.69) is 5.32 Å². The second-order valence-corrected chi connectivity index (χ2v) is 7.29. The van der Waals surface area contributed by atoms with Crippen molar-refractivity contribution in [3.8, 4) is 0 Å². The monoisotopic (exact) mass is 334 g/mol. The predicted octanol–water partition coefficient (Wildman–Crippen LogP) is 1.62. The number of anilines is 1. The van der Waals surface area contributed by atoms with Crippen LogP contribution in [0.25, 0.3) is 0 Å². The van der Waals surface area contributed by atoms with Crippen molar-refractivity contribution in [2.75, 3.05) is 17.7 Å². The van der Waals surface area contributed by atoms with Crippen LogP contribution in [0.15, 0.2) is 30.3 Å². The highest BCUT2D eigenvalue weighted by Crippen LogP contribution is 2.47. The number of nitrogens with one attached hydrogen (secondary N) is 1. The highest BCUT2D eigenvalue weighted by molar-refractivity contribution is 8.01. The number of nitrogens with zero attached hydrogens (tertiary/aromatic N) is 1. The molecule has 2 aliphatic heterocycles. The minimum Gasteiger partial charge on any atom is -0.454 e. The third-order valence-corrected chi connectivity index (χ3v) is 5.63. The molecule has 122 valence electrons. The molecule has 6 nitrogen and oxygen atoms in total. The Bertz CT molecular complexity index is 636. The summed E-state index contributed by atoms with van der Waals surface area (Å²) >= 11 is 1.60. The highest BCUT2D eigenvalue weighted by atomic mass is 32.2. The summed E-state index contributed by atoms with van der Waals surface area (Å²) in [6, 6.07) is 8.36. The maximum atomic E-state index is 12.2. The molecular weight excluding hydrogens is 316 g/mol. The Morgan fingerprint density at radius 1 is 1.39 bits per heavy atom. The van der Waals surface area contributed by atoms with E-state index in [0.29, 0.717) is 17.9 Å². The third-order valence-electron chi connectivity index (χ3n) is 4.12. The Morgan fingerprint density at radius 2 is 2.13 bits per heavy atom. The van der Waals surface area contributed by atoms with Crippen molar-refractivity contribution in [2.45, 2.75) is 30.7 Å². The molecule has 0 aliphatic carbocycles. The summed E-state index contributed by atoms with van der Waals surface area (Å²) in [6.07, 6.45) is 1.20. The van der Waals surface area contributed by atoms with E-state index in [0.717, 1.165) is 6.42 Å². The predicted molar refractivity (Wildman–Crippen MR) is 86.8 cm³/mol. The van der Waals surface area contributed by atoms with E-state index in [-0.39, 0.29) is 17.4 Å². The van der Waals surface area contributed by atoms with E-state index in [4.69, 9.17) is 4.74 Å². The molecule has 23 heavy (non-hydrogen) atoms. The molecule has 2 atom stereocenters. The average molecular weight is 334 g/mol. The minimum atomic E-state index is -0.593. The van der Waals surface area contributed by atoms with Crippen LogP contribution in [0.2, 0.25) is 0 Å². The largest absolute Gasteiger partial charge is 0.454 e. The van der Waals surface area contributed by atoms with E-state index in [9.17, 15) is 14.4 Å². The summed E-state index contributed by atoms with van der Waals surface area (Å²) in [5.74, 6) is -0.417. The molecule has 0 aromatic heterocycles. The van der Waals surface area contributed by atoms with Crippen molar-refractivity contribution in [1.29, 1.82) is 0 Å². The van der Waals surface area contributed by atoms with Crippen molar-refractivity contribution < 1.29 is 19.1 Å². The van der Waals surface area contributed by atoms with Crippen molar-refractivity contribution >= 4 is 35.2 Å². The van der Waals surface area contributed by atoms with Gasteiger partial charge in [0, 0.05) is 17.9 Å². The van der Waals surface area contributed by atoms with E-state index in [1.807, 2.05) is 13.0 Å². The van der Waals surface area contributed by atoms with Crippen LogP contribution in [0.4, 0.5) is 5.69 Å². The fraction of sp³-hybridized carbons (Fsp3) is 0.438. The summed E-state index contributed by atoms with van der Waals surface area (Å²) in [5.41, 5.74) is 0.646. The molecule has 2 fully saturated rings. The fourth-order valence-electron chi connectivity index (χ4n) is 2.95. The number of carbonyl (C=O) groups is 3. The number of ether oxygens (including phenoxy) is 1. The quantitative estimate of drug-likeness (QED) is 0.847. The first kappa shape index (κ1) is 15.9. The van der Waals surface area contributed by atoms with Gasteiger partial charge in [0.1, 0.15) is 6.04 Å². The lowest BCUT2D eigenvalue weighted by atomic mass is 10.2. The normalized spacial score (nSPS) is 26.0. The number of para-hydroxylation sites is 1. The molecule has 1 N–H and O–H groups in total. The van der Waals surface area contributed by atoms with Crippen LogP contribution < -0.4 is 5.32 Å². The van der Waals surface area contributed by atoms with Gasteiger partial charge in [0.2, 0.25) is 5.91 Å². The first-order valence-corrected chi connectivity index (χ1v) is 8.46. The number of fused-ring (bicyclic) bond motifs is 1. The average Bonchev–Trinajstić information content (AvgIpc) is 3.03. The SMILES string of the molecule is C[C@]12CCC(=O)N1[C@@H](C(=O)OCC(=O)Nc1ccccc1)CS2. The number of esters is 1. The first-order valence-electron chi connectivity index (χ1n) is 7.47. The second kappa shape index (κ2) is 6.23. The van der Waals surface area contributed by atoms with Gasteiger partial charge in [0.05, 0.1) is 4.87 Å². The molecule has 0 spiro atoms. The number of hydrogen-bond acceptors (Lipinski definition) is 5. The van der Waals surface area contributed by atoms with E-state index >= 15 is 0 Å². The second-order valence-electron chi connectivity index (χ2n) is 5.79. The molecule has 2 heterocycles. The van der Waals surface area contributed by atoms with Crippen molar-refractivity contribution in [2.24, 2.45) is 0 Å². The molecule has 2 aliphatic rings. The molecule has 2 amide bonds. The lowest BCUT2D eigenvalue weighted by molar-refractivity contribution is -0.155. The zero-order chi connectivity index (χ0) is 16.4. The lowest BCUT2D eigenvalue weighted by Gasteiger charge is -2.29. The van der Waals surface area contributed by atoms with Gasteiger partial charge < -0.3 is 15.0 Å². The summed E-state index contributed by atoms with van der Waals surface area (Å²) < 4.78 is 5.10. The highest BCUT2D eigenvalue weighted by Gasteiger charge is 2.53. The maximum absolute atomic E-state index is 12.2. The summed E-state index contributed by atoms with van der Waals surface area (Å²) in [7, 11) is 0. The Balaban J connectivity index is 1.54. The van der Waals surface area contributed by atoms with Gasteiger partial charge in [0.25, 0.3) is 5.91 Å². The third kappa shape index (κ3) is 3.19. The molecule has 7 heteroatoms. The Labute approximate surface area is 138 Å². The number of hydrogen-bond donors (Lipinski definition) is 1. The van der Waals surface area contributed by atoms with Crippen LogP contribution in [0.1, 0.15) is 19.8 Å². The standard InChI is InChI=1S/C16H18N2O4S/c1-16-8-7-14(20)18(16)12(10-23-16)15(21)22-9-13(19)17-11-5-3-2-4-6-11/h2-6,12H,7-10H2,1H3,(H,17,19)/t12-,16+/m1/s1. The van der Waals surface area contributed by atoms with Crippen molar-refractivity contribution in [3.63, 3.8) is 0 Å². The Kier molecular flexibility index (Phi) is 4.30. The van der Waals surface area contributed by atoms with Gasteiger partial charge in [-0.25, -0.2) is 4.79 Å². The van der Waals surface area contributed by atoms with Gasteiger partial charge in [0.15, 0.2) is 6.61 Å². The van der Waals surface area contributed by atoms with Crippen LogP contribution in [0, 0.1) is 0 Å². The minimum absolute atomic E-state index is 0.0202. The van der Waals surface area contributed by atoms with Crippen LogP contribution in [-0.4, -0.2) is 46.0 Å². The summed E-state index contributed by atoms with van der Waals surface area (Å²) in [5, 5.41) is 2.65. The summed E-state index contributed by atoms with van der Waals surface area (Å²) in [6.45, 7) is 1.62. The van der Waals surface area contributed by atoms with Crippen LogP contribution in [-0.2, 0) is 19.1 Å². The zero-order valence-electron chi connectivity index (χ0n) is 12.8. The zero-order valence-corrected chi connectivity index (χ0v) is 13.6. The van der Waals surface area contributed by atoms with E-state index in [1.165, 1.54) is 0 Å². The molecule has 0 radical (unpaired) electrons. The molecular formula is C16H18N2O4S. The van der Waals surface area contributed by atoms with Gasteiger partial charge in [-0.3, -0.25) is 9.59 Å². The number of carbonyl (C=O) groups excluding carboxylic acids is 3. The van der Waals surface area contributed by atoms with Gasteiger partial charge in [-0.05, 0) is 25.5 Å². The lowest BCUT2D eigenvalue weighted by Crippen LogP contribution is -2.47. The molecule has 1 aromatic rings. The number of amides is 2. The molecule has 2 saturated heterocycles. The maximum Gasteiger partial charge on any atom is 0.330 e. The Morgan fingerprint density at radius 3 is 2.87 bits per heavy atom. The molecule has 0 saturated carbocycles. The molecule has 0 unspecified atom stereocenters. The number of benzene rings is 1. The van der Waals surface area contributed by atoms with Gasteiger partial charge >= 0.3 is 5.97 Å². The number of rotatable bonds is 4. The van der Waals surface area contributed by atoms with E-state index in [1.54, 1.807) is 40.9 Å². The summed E-state index contributed by atoms with van der Waals surface area (Å²) in [4.78, 5) is 37.3. The molecule has 1 aromatic carbocycles. The van der Waals surface area contributed by atoms with Crippen LogP contribution >= 0.6 is 11.8 Å². The number of thioether (sulfide) groups is 1. The van der Waals surface area contributed by atoms with Gasteiger partial charge in [-0.2, -0.15) is 0 Å². The molecule has 0 bridgehead atoms. The van der Waals surface area contributed by atoms with Crippen molar-refractivity contribution in [1.82, 2.24) is 4.90 Å². The van der Waals surface area contributed by atoms with Gasteiger partial charge in [-0.15, -0.1) is 11.8 Å². The topological polar surface area (TPSA) is 75.7 Å². The van der Waals surface area contributed by atoms with E-state index < -0.39 is 17.9 Å². The van der Waals surface area contributed by atoms with Crippen LogP contribution in [0.5, 0.6) is 0 Å². The van der Waals surface area contributed by atoms with Crippen LogP contribution in [0.3, 0.4) is 0 Å². The smallest absolute Gasteiger partial charge is 0.330 e. The molecule has 3 rings (SSSR count). The van der Waals surface area contributed by atoms with Crippen molar-refractivity contribution in [3.05, 3.63) is 30.3 Å². The fourth-order valence-corrected chi connectivity index (χ4v) is 4.36. The van der Waals surface area contributed by atoms with Gasteiger partial charge in [-0.1, -0.05) is 18.2 Å². The first-order chi connectivity index (χ1) is 11.0.